The van der Waals surface area contributed by atoms with E-state index in [0.717, 1.165) is 0 Å². The number of guanidine groups is 1. The summed E-state index contributed by atoms with van der Waals surface area (Å²) in [4.78, 5) is 104. The molecule has 1 aliphatic heterocycles. The maximum atomic E-state index is 14.0. The lowest BCUT2D eigenvalue weighted by Gasteiger charge is -2.29. The van der Waals surface area contributed by atoms with Gasteiger partial charge in [-0.2, -0.15) is 0 Å². The minimum atomic E-state index is -1.64. The van der Waals surface area contributed by atoms with Crippen LogP contribution in [0.2, 0.25) is 0 Å². The summed E-state index contributed by atoms with van der Waals surface area (Å²) in [6, 6.07) is 1.91. The number of nitrogens with two attached hydrogens (primary N) is 2. The highest BCUT2D eigenvalue weighted by molar-refractivity contribution is 5.98. The van der Waals surface area contributed by atoms with Crippen LogP contribution in [-0.4, -0.2) is 168 Å². The van der Waals surface area contributed by atoms with Gasteiger partial charge in [-0.25, -0.2) is 0 Å². The number of amides is 7. The molecule has 0 saturated carbocycles. The summed E-state index contributed by atoms with van der Waals surface area (Å²) < 4.78 is 21.1. The van der Waals surface area contributed by atoms with Crippen molar-refractivity contribution in [3.05, 3.63) is 35.9 Å². The number of carboxylic acids is 1. The quantitative estimate of drug-likeness (QED) is 0.0225. The van der Waals surface area contributed by atoms with Gasteiger partial charge < -0.3 is 78.1 Å². The first-order chi connectivity index (χ1) is 30.2. The molecule has 0 aromatic heterocycles. The summed E-state index contributed by atoms with van der Waals surface area (Å²) in [5.41, 5.74) is 11.5. The van der Waals surface area contributed by atoms with Gasteiger partial charge in [0.15, 0.2) is 5.96 Å². The fraction of sp³-hybridized carbons (Fsp3) is 0.615. The molecule has 352 valence electrons. The summed E-state index contributed by atoms with van der Waals surface area (Å²) in [6.07, 6.45) is -0.145. The molecule has 0 aliphatic carbocycles. The fourth-order valence-electron chi connectivity index (χ4n) is 5.92. The Balaban J connectivity index is 2.04. The molecule has 0 bridgehead atoms. The molecule has 1 fully saturated rings. The maximum absolute atomic E-state index is 14.0. The number of carbonyl (C=O) groups is 8. The molecule has 24 heteroatoms. The third-order valence-corrected chi connectivity index (χ3v) is 9.05. The number of carboxylic acid groups (broad SMARTS) is 1. The Morgan fingerprint density at radius 2 is 1.35 bits per heavy atom. The molecule has 2 rings (SSSR count). The number of rotatable bonds is 27. The third kappa shape index (κ3) is 23.2. The van der Waals surface area contributed by atoms with Crippen LogP contribution in [0.3, 0.4) is 0 Å². The second-order valence-electron chi connectivity index (χ2n) is 14.1. The lowest BCUT2D eigenvalue weighted by molar-refractivity contribution is -0.141. The molecule has 0 spiro atoms. The van der Waals surface area contributed by atoms with Gasteiger partial charge in [0.25, 0.3) is 0 Å². The van der Waals surface area contributed by atoms with Crippen molar-refractivity contribution in [3.63, 3.8) is 0 Å². The van der Waals surface area contributed by atoms with Crippen molar-refractivity contribution in [1.29, 1.82) is 5.41 Å². The van der Waals surface area contributed by atoms with Gasteiger partial charge in [0.1, 0.15) is 37.4 Å². The molecule has 1 aromatic carbocycles. The van der Waals surface area contributed by atoms with Crippen LogP contribution in [0.25, 0.3) is 0 Å². The zero-order chi connectivity index (χ0) is 46.4. The lowest BCUT2D eigenvalue weighted by atomic mass is 10.0. The Hall–Kier alpha value is -5.95. The van der Waals surface area contributed by atoms with E-state index in [1.54, 1.807) is 37.3 Å². The van der Waals surface area contributed by atoms with Crippen LogP contribution in [0.15, 0.2) is 30.3 Å². The van der Waals surface area contributed by atoms with Crippen LogP contribution in [0.5, 0.6) is 0 Å². The highest BCUT2D eigenvalue weighted by atomic mass is 16.5. The topological polar surface area (TPSA) is 366 Å². The first-order valence-corrected chi connectivity index (χ1v) is 20.6. The Kier molecular flexibility index (Phi) is 26.2. The van der Waals surface area contributed by atoms with Crippen LogP contribution >= 0.6 is 0 Å². The molecule has 1 saturated heterocycles. The van der Waals surface area contributed by atoms with E-state index >= 15 is 0 Å². The van der Waals surface area contributed by atoms with E-state index in [-0.39, 0.29) is 84.3 Å². The van der Waals surface area contributed by atoms with Crippen molar-refractivity contribution < 1.29 is 62.4 Å². The van der Waals surface area contributed by atoms with Gasteiger partial charge in [-0.15, -0.1) is 0 Å². The van der Waals surface area contributed by atoms with E-state index in [4.69, 9.17) is 35.8 Å². The van der Waals surface area contributed by atoms with E-state index in [1.165, 1.54) is 0 Å². The molecule has 24 nitrogen and oxygen atoms in total. The van der Waals surface area contributed by atoms with Crippen LogP contribution < -0.4 is 54.0 Å². The normalized spacial score (nSPS) is 19.1. The van der Waals surface area contributed by atoms with Gasteiger partial charge >= 0.3 is 5.97 Å². The van der Waals surface area contributed by atoms with Crippen LogP contribution in [-0.2, 0) is 63.7 Å². The molecule has 1 aromatic rings. The lowest BCUT2D eigenvalue weighted by Crippen LogP contribution is -2.62. The molecule has 63 heavy (non-hydrogen) atoms. The summed E-state index contributed by atoms with van der Waals surface area (Å²) in [5.74, 6) is -7.06. The highest BCUT2D eigenvalue weighted by Gasteiger charge is 2.35. The minimum Gasteiger partial charge on any atom is -0.481 e. The third-order valence-electron chi connectivity index (χ3n) is 9.05. The summed E-state index contributed by atoms with van der Waals surface area (Å²) in [7, 11) is 0. The predicted molar refractivity (Wildman–Crippen MR) is 224 cm³/mol. The molecule has 1 aliphatic rings. The van der Waals surface area contributed by atoms with Gasteiger partial charge in [0, 0.05) is 26.1 Å². The Morgan fingerprint density at radius 1 is 0.762 bits per heavy atom. The van der Waals surface area contributed by atoms with Gasteiger partial charge in [-0.05, 0) is 31.2 Å². The van der Waals surface area contributed by atoms with E-state index in [9.17, 15) is 43.5 Å². The standard InChI is InChI=1S/C39H63N11O13/c1-2-26(49-39(41)42)34-38(59)45-22-30(51)46-29(21-33(54)55)37(58)48-28(20-25-8-4-3-5-9-25)36(57)47-27(35(56)50-34)10-6-7-12-43-31(52)23-63-19-17-61-15-13-44-32(53)24-62-18-16-60-14-11-40/h3-5,8-9,26-29,34H,2,6-7,10-24,40H2,1H3,(H,43,52)(H,44,53)(H,45,59)(H,46,51)(H,47,57)(H,48,58)(H,50,56)(H,54,55)(H4,41,42,49)/t26?,27-,28-,29-,34-/m0/s1. The van der Waals surface area contributed by atoms with Crippen molar-refractivity contribution in [2.24, 2.45) is 11.5 Å². The number of hydrogen-bond acceptors (Lipinski definition) is 14. The van der Waals surface area contributed by atoms with Crippen LogP contribution in [0.4, 0.5) is 0 Å². The van der Waals surface area contributed by atoms with Crippen molar-refractivity contribution >= 4 is 53.3 Å². The van der Waals surface area contributed by atoms with E-state index in [0.29, 0.717) is 31.7 Å². The average Bonchev–Trinajstić information content (AvgIpc) is 3.24. The Morgan fingerprint density at radius 3 is 1.97 bits per heavy atom. The van der Waals surface area contributed by atoms with Crippen molar-refractivity contribution in [2.75, 3.05) is 79.0 Å². The molecular formula is C39H63N11O13. The van der Waals surface area contributed by atoms with Gasteiger partial charge in [-0.1, -0.05) is 37.3 Å². The smallest absolute Gasteiger partial charge is 0.305 e. The molecular weight excluding hydrogens is 830 g/mol. The fourth-order valence-corrected chi connectivity index (χ4v) is 5.92. The van der Waals surface area contributed by atoms with Gasteiger partial charge in [0.05, 0.1) is 58.6 Å². The average molecular weight is 894 g/mol. The molecule has 5 atom stereocenters. The molecule has 14 N–H and O–H groups in total. The second-order valence-corrected chi connectivity index (χ2v) is 14.1. The van der Waals surface area contributed by atoms with Crippen molar-refractivity contribution in [2.45, 2.75) is 75.7 Å². The number of hydrogen-bond donors (Lipinski definition) is 12. The van der Waals surface area contributed by atoms with Crippen molar-refractivity contribution in [1.82, 2.24) is 42.5 Å². The van der Waals surface area contributed by atoms with E-state index in [1.807, 2.05) is 0 Å². The molecule has 7 amide bonds. The number of unbranched alkanes of at least 4 members (excludes halogenated alkanes) is 1. The first-order valence-electron chi connectivity index (χ1n) is 20.6. The molecule has 1 unspecified atom stereocenters. The van der Waals surface area contributed by atoms with E-state index in [2.05, 4.69) is 42.5 Å². The van der Waals surface area contributed by atoms with Gasteiger partial charge in [-0.3, -0.25) is 43.8 Å². The second kappa shape index (κ2) is 31.0. The minimum absolute atomic E-state index is 0.00207. The first kappa shape index (κ1) is 53.2. The monoisotopic (exact) mass is 893 g/mol. The molecule has 1 heterocycles. The Bertz CT molecular complexity index is 1640. The summed E-state index contributed by atoms with van der Waals surface area (Å²) in [6.45, 7) is 2.94. The summed E-state index contributed by atoms with van der Waals surface area (Å²) >= 11 is 0. The van der Waals surface area contributed by atoms with Gasteiger partial charge in [0.2, 0.25) is 41.4 Å². The SMILES string of the molecule is CCC(NC(=N)N)[C@@H]1NC(=O)[C@H](CCCCNC(=O)COCCOCCNC(=O)COCCOCCN)NC(=O)[C@H](Cc2ccccc2)NC(=O)[C@H](CC(=O)O)NC(=O)CNC1=O. The number of nitrogens with one attached hydrogen (secondary N) is 9. The van der Waals surface area contributed by atoms with Crippen LogP contribution in [0, 0.1) is 5.41 Å². The largest absolute Gasteiger partial charge is 0.481 e. The highest BCUT2D eigenvalue weighted by Crippen LogP contribution is 2.09. The van der Waals surface area contributed by atoms with E-state index < -0.39 is 90.5 Å². The zero-order valence-electron chi connectivity index (χ0n) is 35.5. The maximum Gasteiger partial charge on any atom is 0.305 e. The number of benzene rings is 1. The summed E-state index contributed by atoms with van der Waals surface area (Å²) in [5, 5.41) is 37.6. The number of carbonyl (C=O) groups excluding carboxylic acids is 7. The predicted octanol–water partition coefficient (Wildman–Crippen LogP) is -4.54. The number of aliphatic carboxylic acids is 1. The molecule has 0 radical (unpaired) electrons. The number of ether oxygens (including phenoxy) is 4. The zero-order valence-corrected chi connectivity index (χ0v) is 35.5. The Labute approximate surface area is 365 Å². The van der Waals surface area contributed by atoms with Crippen LogP contribution in [0.1, 0.15) is 44.6 Å². The van der Waals surface area contributed by atoms with Crippen molar-refractivity contribution in [3.8, 4) is 0 Å².